The zero-order chi connectivity index (χ0) is 38.5. The van der Waals surface area contributed by atoms with Crippen LogP contribution in [0.5, 0.6) is 6.01 Å². The largest absolute Gasteiger partial charge is 1.00 e. The van der Waals surface area contributed by atoms with Crippen LogP contribution in [0.4, 0.5) is 15.9 Å². The van der Waals surface area contributed by atoms with Crippen LogP contribution in [0.2, 0.25) is 0 Å². The minimum atomic E-state index is -0.939. The molecule has 0 radical (unpaired) electrons. The molecule has 0 N–H and O–H groups in total. The molecule has 0 aliphatic carbocycles. The van der Waals surface area contributed by atoms with Gasteiger partial charge in [-0.15, -0.1) is 0 Å². The van der Waals surface area contributed by atoms with Crippen molar-refractivity contribution in [1.82, 2.24) is 14.9 Å². The molecule has 6 heterocycles. The van der Waals surface area contributed by atoms with Gasteiger partial charge in [-0.3, -0.25) is 4.90 Å². The van der Waals surface area contributed by atoms with E-state index in [2.05, 4.69) is 81.4 Å². The van der Waals surface area contributed by atoms with E-state index in [1.807, 2.05) is 12.1 Å². The van der Waals surface area contributed by atoms with E-state index in [1.165, 1.54) is 0 Å². The smallest absolute Gasteiger partial charge is 0.512 e. The molecule has 11 nitrogen and oxygen atoms in total. The van der Waals surface area contributed by atoms with Gasteiger partial charge < -0.3 is 40.6 Å². The molecule has 1 unspecified atom stereocenters. The first kappa shape index (κ1) is 40.6. The molecule has 1 aromatic heterocycles. The second-order valence-electron chi connectivity index (χ2n) is 15.5. The number of benzene rings is 3. The van der Waals surface area contributed by atoms with Crippen LogP contribution in [0.1, 0.15) is 64.8 Å². The summed E-state index contributed by atoms with van der Waals surface area (Å²) in [6, 6.07) is 27.8. The van der Waals surface area contributed by atoms with Gasteiger partial charge in [0.05, 0.1) is 48.9 Å². The third-order valence-corrected chi connectivity index (χ3v) is 12.0. The molecule has 3 saturated heterocycles. The van der Waals surface area contributed by atoms with Crippen LogP contribution in [0.3, 0.4) is 0 Å². The van der Waals surface area contributed by atoms with Crippen molar-refractivity contribution in [3.05, 3.63) is 118 Å². The first-order valence-corrected chi connectivity index (χ1v) is 19.6. The van der Waals surface area contributed by atoms with Crippen molar-refractivity contribution in [3.63, 3.8) is 0 Å². The number of fused-ring (bicyclic) bond motifs is 4. The van der Waals surface area contributed by atoms with Crippen molar-refractivity contribution in [1.29, 1.82) is 10.5 Å². The van der Waals surface area contributed by atoms with Gasteiger partial charge in [0, 0.05) is 63.3 Å². The number of nitrogens with zero attached hydrogens (tertiary/aromatic N) is 7. The predicted octanol–water partition coefficient (Wildman–Crippen LogP) is 6.33. The van der Waals surface area contributed by atoms with Gasteiger partial charge in [0.15, 0.2) is 0 Å². The van der Waals surface area contributed by atoms with E-state index in [-0.39, 0.29) is 35.8 Å². The fourth-order valence-electron chi connectivity index (χ4n) is 9.39. The van der Waals surface area contributed by atoms with E-state index in [1.54, 1.807) is 0 Å². The molecule has 9 rings (SSSR count). The SMILES string of the molecule is N#Cc1c(N(Cc2ccccc2)Cc2ccccc2)ccc2c1C1(COC2)Cc2nc(OC[C@@]34CCCN3C[C@H](F)C4)nc(N3CCCOCC3)c2CO1.[C-]#N.[Cu+]. The number of anilines is 2. The normalized spacial score (nSPS) is 23.8. The van der Waals surface area contributed by atoms with Crippen molar-refractivity contribution in [2.75, 3.05) is 62.4 Å². The molecule has 3 fully saturated rings. The Balaban J connectivity index is 0.00000163. The molecular weight excluding hydrogens is 773 g/mol. The maximum Gasteiger partial charge on any atom is 1.00 e. The molecule has 57 heavy (non-hydrogen) atoms. The molecule has 4 aromatic rings. The number of nitriles is 1. The Labute approximate surface area is 344 Å². The van der Waals surface area contributed by atoms with Gasteiger partial charge in [-0.2, -0.15) is 15.2 Å². The molecule has 3 atom stereocenters. The molecular formula is C44H47CuFN7O4. The monoisotopic (exact) mass is 819 g/mol. The van der Waals surface area contributed by atoms with Crippen molar-refractivity contribution in [3.8, 4) is 12.1 Å². The van der Waals surface area contributed by atoms with Gasteiger partial charge in [0.25, 0.3) is 0 Å². The van der Waals surface area contributed by atoms with Crippen molar-refractivity contribution >= 4 is 11.5 Å². The topological polar surface area (TPSA) is 120 Å². The summed E-state index contributed by atoms with van der Waals surface area (Å²) in [5.41, 5.74) is 6.10. The summed E-state index contributed by atoms with van der Waals surface area (Å²) in [5.74, 6) is 0.800. The molecule has 0 saturated carbocycles. The average Bonchev–Trinajstić information content (AvgIpc) is 3.62. The zero-order valence-electron chi connectivity index (χ0n) is 32.0. The molecule has 0 amide bonds. The number of halogens is 1. The summed E-state index contributed by atoms with van der Waals surface area (Å²) in [6.07, 6.45) is 2.86. The number of rotatable bonds is 9. The maximum absolute atomic E-state index is 14.7. The number of hydrogen-bond acceptors (Lipinski definition) is 11. The second-order valence-corrected chi connectivity index (χ2v) is 15.5. The fourth-order valence-corrected chi connectivity index (χ4v) is 9.39. The van der Waals surface area contributed by atoms with Crippen LogP contribution in [0.15, 0.2) is 72.8 Å². The molecule has 5 aliphatic rings. The van der Waals surface area contributed by atoms with Gasteiger partial charge in [0.1, 0.15) is 30.3 Å². The first-order chi connectivity index (χ1) is 27.5. The van der Waals surface area contributed by atoms with E-state index in [0.29, 0.717) is 77.0 Å². The summed E-state index contributed by atoms with van der Waals surface area (Å²) in [6.45, 7) is 11.5. The van der Waals surface area contributed by atoms with Gasteiger partial charge >= 0.3 is 23.1 Å². The Morgan fingerprint density at radius 3 is 2.40 bits per heavy atom. The summed E-state index contributed by atoms with van der Waals surface area (Å²) in [5, 5.41) is 17.3. The van der Waals surface area contributed by atoms with E-state index in [4.69, 9.17) is 40.7 Å². The van der Waals surface area contributed by atoms with Crippen LogP contribution in [-0.4, -0.2) is 79.2 Å². The summed E-state index contributed by atoms with van der Waals surface area (Å²) >= 11 is 0. The van der Waals surface area contributed by atoms with Gasteiger partial charge in [-0.1, -0.05) is 66.7 Å². The Morgan fingerprint density at radius 1 is 0.912 bits per heavy atom. The number of aromatic nitrogens is 2. The van der Waals surface area contributed by atoms with E-state index >= 15 is 0 Å². The van der Waals surface area contributed by atoms with E-state index in [9.17, 15) is 9.65 Å². The second kappa shape index (κ2) is 17.9. The van der Waals surface area contributed by atoms with Crippen molar-refractivity contribution in [2.45, 2.75) is 75.7 Å². The van der Waals surface area contributed by atoms with Crippen LogP contribution < -0.4 is 14.5 Å². The van der Waals surface area contributed by atoms with Crippen LogP contribution in [-0.2, 0) is 69.6 Å². The average molecular weight is 820 g/mol. The standard InChI is InChI=1S/C43H47FN6O4.CN.Cu/c44-34-21-42(15-7-17-50(42)26-34)29-53-41-46-37-22-43(54-28-36(37)40(47-41)48-16-8-19-51-20-18-48)30-52-27-33-13-14-38(35(23-45)39(33)43)49(24-31-9-3-1-4-10-31)25-32-11-5-2-6-12-32;1-2;/h1-6,9-14,34H,7-8,15-22,24-30H2;;/q;-1;+1/t34-,42+,43?;;/m1../s1. The number of hydrogen-bond donors (Lipinski definition) is 0. The minimum absolute atomic E-state index is 0. The van der Waals surface area contributed by atoms with Gasteiger partial charge in [-0.25, -0.2) is 4.39 Å². The predicted molar refractivity (Wildman–Crippen MR) is 207 cm³/mol. The van der Waals surface area contributed by atoms with E-state index < -0.39 is 11.8 Å². The quantitative estimate of drug-likeness (QED) is 0.139. The molecule has 3 aromatic carbocycles. The molecule has 300 valence electrons. The molecule has 0 bridgehead atoms. The van der Waals surface area contributed by atoms with E-state index in [0.717, 1.165) is 77.4 Å². The third kappa shape index (κ3) is 8.24. The Morgan fingerprint density at radius 2 is 1.67 bits per heavy atom. The molecule has 13 heteroatoms. The number of alkyl halides is 1. The number of ether oxygens (including phenoxy) is 4. The molecule has 1 spiro atoms. The molecule has 5 aliphatic heterocycles. The Hall–Kier alpha value is -4.59. The Bertz CT molecular complexity index is 2020. The maximum atomic E-state index is 14.7. The van der Waals surface area contributed by atoms with Crippen molar-refractivity contribution in [2.24, 2.45) is 0 Å². The van der Waals surface area contributed by atoms with Crippen LogP contribution in [0.25, 0.3) is 0 Å². The summed E-state index contributed by atoms with van der Waals surface area (Å²) in [7, 11) is 0. The fraction of sp³-hybridized carbons (Fsp3) is 0.455. The van der Waals surface area contributed by atoms with Crippen LogP contribution in [0, 0.1) is 23.2 Å². The van der Waals surface area contributed by atoms with Gasteiger partial charge in [-0.05, 0) is 48.6 Å². The zero-order valence-corrected chi connectivity index (χ0v) is 32.9. The summed E-state index contributed by atoms with van der Waals surface area (Å²) < 4.78 is 40.2. The first-order valence-electron chi connectivity index (χ1n) is 19.6. The summed E-state index contributed by atoms with van der Waals surface area (Å²) in [4.78, 5) is 16.9. The Kier molecular flexibility index (Phi) is 12.8. The van der Waals surface area contributed by atoms with Gasteiger partial charge in [0.2, 0.25) is 0 Å². The van der Waals surface area contributed by atoms with Crippen LogP contribution >= 0.6 is 0 Å². The van der Waals surface area contributed by atoms with Crippen molar-refractivity contribution < 1.29 is 40.4 Å². The minimum Gasteiger partial charge on any atom is -0.512 e. The third-order valence-electron chi connectivity index (χ3n) is 12.0.